The van der Waals surface area contributed by atoms with E-state index in [2.05, 4.69) is 36.2 Å². The number of primary amides is 1. The second-order valence-corrected chi connectivity index (χ2v) is 21.7. The first kappa shape index (κ1) is 59.1. The number of nitro benzene ring substituents is 1. The maximum Gasteiger partial charge on any atom is 0.336 e. The van der Waals surface area contributed by atoms with Crippen LogP contribution in [0.4, 0.5) is 28.4 Å². The fourth-order valence-electron chi connectivity index (χ4n) is 9.43. The molecule has 0 spiro atoms. The van der Waals surface area contributed by atoms with Crippen molar-refractivity contribution in [3.05, 3.63) is 158 Å². The van der Waals surface area contributed by atoms with Gasteiger partial charge in [-0.3, -0.25) is 34.1 Å². The number of rotatable bonds is 24. The summed E-state index contributed by atoms with van der Waals surface area (Å²) in [5.74, 6) is -4.81. The maximum absolute atomic E-state index is 14.2. The van der Waals surface area contributed by atoms with Crippen LogP contribution in [0.1, 0.15) is 60.2 Å². The molecule has 7 rings (SSSR count). The van der Waals surface area contributed by atoms with E-state index in [4.69, 9.17) is 10.2 Å². The first-order valence-electron chi connectivity index (χ1n) is 25.3. The maximum atomic E-state index is 14.2. The van der Waals surface area contributed by atoms with Gasteiger partial charge in [0.1, 0.15) is 29.2 Å². The molecule has 1 heterocycles. The number of nitrogens with two attached hydrogens (primary N) is 1. The van der Waals surface area contributed by atoms with Crippen molar-refractivity contribution in [1.82, 2.24) is 20.7 Å². The zero-order valence-electron chi connectivity index (χ0n) is 45.0. The van der Waals surface area contributed by atoms with Gasteiger partial charge in [0.2, 0.25) is 33.7 Å². The molecule has 1 aliphatic carbocycles. The van der Waals surface area contributed by atoms with Crippen LogP contribution in [0.5, 0.6) is 5.75 Å². The molecular weight excluding hydrogens is 1060 g/mol. The molecule has 1 unspecified atom stereocenters. The minimum absolute atomic E-state index is 0.0647. The summed E-state index contributed by atoms with van der Waals surface area (Å²) >= 11 is 0. The van der Waals surface area contributed by atoms with E-state index in [0.717, 1.165) is 5.69 Å². The molecule has 422 valence electrons. The van der Waals surface area contributed by atoms with Crippen molar-refractivity contribution in [2.24, 2.45) is 16.0 Å². The third-order valence-electron chi connectivity index (χ3n) is 13.4. The van der Waals surface area contributed by atoms with E-state index in [1.807, 2.05) is 31.1 Å². The minimum Gasteiger partial charge on any atom is -0.508 e. The molecule has 0 saturated carbocycles. The molecule has 24 heteroatoms. The molecule has 0 aromatic heterocycles. The van der Waals surface area contributed by atoms with Gasteiger partial charge in [-0.2, -0.15) is 10.2 Å². The van der Waals surface area contributed by atoms with Gasteiger partial charge in [-0.05, 0) is 135 Å². The number of carbonyl (C=O) groups is 5. The second kappa shape index (κ2) is 25.1. The van der Waals surface area contributed by atoms with Crippen LogP contribution in [0.15, 0.2) is 140 Å². The number of nitro groups is 1. The number of aromatic carboxylic acids is 1. The van der Waals surface area contributed by atoms with E-state index in [1.54, 1.807) is 56.3 Å². The third kappa shape index (κ3) is 14.4. The summed E-state index contributed by atoms with van der Waals surface area (Å²) in [6.45, 7) is 4.91. The Labute approximate surface area is 465 Å². The lowest BCUT2D eigenvalue weighted by Crippen LogP contribution is -2.59. The summed E-state index contributed by atoms with van der Waals surface area (Å²) in [6, 6.07) is 26.1. The monoisotopic (exact) mass is 1120 g/mol. The van der Waals surface area contributed by atoms with Crippen molar-refractivity contribution in [2.75, 3.05) is 43.9 Å². The van der Waals surface area contributed by atoms with Crippen molar-refractivity contribution in [2.45, 2.75) is 69.4 Å². The fourth-order valence-corrected chi connectivity index (χ4v) is 10.4. The Bertz CT molecular complexity index is 3730. The summed E-state index contributed by atoms with van der Waals surface area (Å²) in [7, 11) is -0.517. The van der Waals surface area contributed by atoms with Gasteiger partial charge >= 0.3 is 5.97 Å². The summed E-state index contributed by atoms with van der Waals surface area (Å²) in [5.41, 5.74) is 8.28. The van der Waals surface area contributed by atoms with Crippen LogP contribution in [0, 0.1) is 24.0 Å². The van der Waals surface area contributed by atoms with Crippen molar-refractivity contribution in [3.63, 3.8) is 0 Å². The number of nitrogens with zero attached hydrogens (tertiary/aromatic N) is 4. The summed E-state index contributed by atoms with van der Waals surface area (Å²) < 4.78 is 34.8. The van der Waals surface area contributed by atoms with Crippen LogP contribution < -0.4 is 42.1 Å². The number of azo groups is 1. The zero-order chi connectivity index (χ0) is 58.9. The molecule has 0 fully saturated rings. The van der Waals surface area contributed by atoms with Crippen molar-refractivity contribution in [3.8, 4) is 28.2 Å². The number of amides is 4. The summed E-state index contributed by atoms with van der Waals surface area (Å²) in [4.78, 5) is 92.1. The molecule has 0 radical (unpaired) electrons. The molecule has 81 heavy (non-hydrogen) atoms. The van der Waals surface area contributed by atoms with Gasteiger partial charge in [-0.25, -0.2) is 17.9 Å². The Morgan fingerprint density at radius 2 is 1.47 bits per heavy atom. The average Bonchev–Trinajstić information content (AvgIpc) is 3.58. The highest BCUT2D eigenvalue weighted by Crippen LogP contribution is 2.43. The van der Waals surface area contributed by atoms with Gasteiger partial charge in [-0.15, -0.1) is 0 Å². The molecule has 0 bridgehead atoms. The van der Waals surface area contributed by atoms with Crippen LogP contribution in [0.2, 0.25) is 0 Å². The van der Waals surface area contributed by atoms with E-state index in [9.17, 15) is 57.5 Å². The van der Waals surface area contributed by atoms with Gasteiger partial charge in [0.05, 0.1) is 39.8 Å². The number of hydrogen-bond acceptors (Lipinski definition) is 16. The number of phenols is 1. The molecule has 9 N–H and O–H groups in total. The predicted octanol–water partition coefficient (Wildman–Crippen LogP) is 7.08. The predicted molar refractivity (Wildman–Crippen MR) is 304 cm³/mol. The van der Waals surface area contributed by atoms with Crippen LogP contribution in [0.3, 0.4) is 0 Å². The molecule has 1 aliphatic heterocycles. The first-order valence-corrected chi connectivity index (χ1v) is 26.8. The smallest absolute Gasteiger partial charge is 0.336 e. The molecule has 23 nitrogen and oxygen atoms in total. The van der Waals surface area contributed by atoms with Crippen molar-refractivity contribution >= 4 is 79.0 Å². The SMILES string of the molecule is Cc1cc(C)c(C(C)(C)C(NC(=O)CNS(=O)(=O)c2ccc(N=Nc3ccc(N(C)C)cc3)cc2)C(=O)NCC(=O)N[C@@H](CCCCNc2ccc(-c3c4ccc(=O)cc-4oc4cc(O)ccc34)c(C(=O)O)c2)C(N)=O)c([N+](=O)[O-])c1. The highest BCUT2D eigenvalue weighted by atomic mass is 32.2. The average molecular weight is 1130 g/mol. The van der Waals surface area contributed by atoms with Crippen LogP contribution in [-0.2, 0) is 34.6 Å². The van der Waals surface area contributed by atoms with E-state index < -0.39 is 75.1 Å². The largest absolute Gasteiger partial charge is 0.508 e. The van der Waals surface area contributed by atoms with Gasteiger partial charge in [0, 0.05) is 77.7 Å². The number of carboxylic acids is 1. The Kier molecular flexibility index (Phi) is 18.3. The number of benzene rings is 6. The lowest BCUT2D eigenvalue weighted by atomic mass is 9.74. The Balaban J connectivity index is 0.974. The van der Waals surface area contributed by atoms with E-state index in [0.29, 0.717) is 69.7 Å². The van der Waals surface area contributed by atoms with Gasteiger partial charge in [0.25, 0.3) is 5.69 Å². The molecule has 0 saturated heterocycles. The molecule has 5 aromatic carbocycles. The van der Waals surface area contributed by atoms with Crippen molar-refractivity contribution in [1.29, 1.82) is 0 Å². The Morgan fingerprint density at radius 1 is 0.815 bits per heavy atom. The van der Waals surface area contributed by atoms with E-state index in [-0.39, 0.29) is 50.7 Å². The fraction of sp³-hybridized carbons (Fsp3) is 0.263. The summed E-state index contributed by atoms with van der Waals surface area (Å²) in [6.07, 6.45) is 0.818. The van der Waals surface area contributed by atoms with Crippen LogP contribution in [-0.4, -0.2) is 99.0 Å². The summed E-state index contributed by atoms with van der Waals surface area (Å²) in [5, 5.41) is 52.4. The van der Waals surface area contributed by atoms with Crippen molar-refractivity contribution < 1.29 is 51.9 Å². The lowest BCUT2D eigenvalue weighted by molar-refractivity contribution is -0.386. The normalized spacial score (nSPS) is 12.4. The topological polar surface area (TPSA) is 347 Å². The standard InChI is InChI=1S/C57H60N10O13S/c1-32-25-33(2)52(46(26-32)67(76)77)57(3,4)53(63-50(71)31-61-81(78,79)40-19-12-35(13-20-40)65-64-34-10-15-37(16-11-34)66(5)6)55(73)60-30-49(70)62-45(54(58)72)9-7-8-24-59-36-14-21-41(44(27-36)56(74)75)51-42-22-17-38(68)28-47(42)80-48-29-39(69)18-23-43(48)51/h10-23,25-29,45,53,59,61,68H,7-9,24,30-31H2,1-6H3,(H2,58,72)(H,60,73)(H,62,70)(H,63,71)(H,74,75)/t45-,53?/m0/s1. The molecule has 4 amide bonds. The lowest BCUT2D eigenvalue weighted by Gasteiger charge is -2.35. The number of aryl methyl sites for hydroxylation is 2. The van der Waals surface area contributed by atoms with E-state index in [1.165, 1.54) is 74.5 Å². The number of unbranched alkanes of at least 4 members (excludes halogenated alkanes) is 1. The van der Waals surface area contributed by atoms with Gasteiger partial charge in [0.15, 0.2) is 5.43 Å². The number of carboxylic acid groups (broad SMARTS) is 1. The number of anilines is 2. The number of nitrogens with one attached hydrogen (secondary N) is 5. The van der Waals surface area contributed by atoms with Crippen LogP contribution >= 0.6 is 0 Å². The van der Waals surface area contributed by atoms with Crippen LogP contribution in [0.25, 0.3) is 33.4 Å². The number of fused-ring (bicyclic) bond motifs is 2. The van der Waals surface area contributed by atoms with E-state index >= 15 is 0 Å². The number of carbonyl (C=O) groups excluding carboxylic acids is 4. The number of hydrogen-bond donors (Lipinski definition) is 8. The number of phenolic OH excluding ortho intramolecular Hbond substituents is 1. The third-order valence-corrected chi connectivity index (χ3v) is 14.8. The molecular formula is C57H60N10O13S. The first-order chi connectivity index (χ1) is 38.3. The Morgan fingerprint density at radius 3 is 2.11 bits per heavy atom. The Hall–Kier alpha value is -9.55. The molecule has 2 aliphatic rings. The minimum atomic E-state index is -4.32. The van der Waals surface area contributed by atoms with Gasteiger partial charge < -0.3 is 46.5 Å². The highest BCUT2D eigenvalue weighted by molar-refractivity contribution is 7.89. The second-order valence-electron chi connectivity index (χ2n) is 19.9. The quantitative estimate of drug-likeness (QED) is 0.00985. The molecule has 2 atom stereocenters. The number of sulfonamides is 1. The zero-order valence-corrected chi connectivity index (χ0v) is 45.8. The highest BCUT2D eigenvalue weighted by Gasteiger charge is 2.43. The molecule has 5 aromatic rings. The van der Waals surface area contributed by atoms with Gasteiger partial charge in [-0.1, -0.05) is 26.0 Å². The number of aromatic hydroxyl groups is 1.